The van der Waals surface area contributed by atoms with Crippen LogP contribution in [0.15, 0.2) is 82.4 Å². The number of carbonyl (C=O) groups is 1. The molecule has 0 bridgehead atoms. The second-order valence-electron chi connectivity index (χ2n) is 7.80. The van der Waals surface area contributed by atoms with Crippen molar-refractivity contribution in [1.29, 1.82) is 0 Å². The highest BCUT2D eigenvalue weighted by atomic mass is 32.2. The number of thiophene rings is 1. The lowest BCUT2D eigenvalue weighted by molar-refractivity contribution is -0.121. The highest BCUT2D eigenvalue weighted by Gasteiger charge is 2.20. The van der Waals surface area contributed by atoms with E-state index < -0.39 is 22.5 Å². The lowest BCUT2D eigenvalue weighted by Gasteiger charge is -2.12. The van der Waals surface area contributed by atoms with Crippen LogP contribution < -0.4 is 9.46 Å². The van der Waals surface area contributed by atoms with Gasteiger partial charge in [-0.3, -0.25) is 4.79 Å². The van der Waals surface area contributed by atoms with Gasteiger partial charge in [0.25, 0.3) is 15.9 Å². The van der Waals surface area contributed by atoms with Crippen LogP contribution in [0.3, 0.4) is 0 Å². The van der Waals surface area contributed by atoms with Crippen LogP contribution in [0.25, 0.3) is 21.8 Å². The van der Waals surface area contributed by atoms with E-state index in [4.69, 9.17) is 4.74 Å². The molecule has 34 heavy (non-hydrogen) atoms. The van der Waals surface area contributed by atoms with Gasteiger partial charge in [-0.1, -0.05) is 48.5 Å². The summed E-state index contributed by atoms with van der Waals surface area (Å²) in [7, 11) is -3.90. The van der Waals surface area contributed by atoms with E-state index in [1.807, 2.05) is 34.4 Å². The molecule has 2 heterocycles. The summed E-state index contributed by atoms with van der Waals surface area (Å²) in [5, 5.41) is 3.96. The highest BCUT2D eigenvalue weighted by Crippen LogP contribution is 2.28. The number of hydrogen-bond donors (Lipinski definition) is 1. The third-order valence-electron chi connectivity index (χ3n) is 5.44. The zero-order valence-corrected chi connectivity index (χ0v) is 19.9. The molecule has 0 aliphatic heterocycles. The molecule has 0 atom stereocenters. The standard InChI is InChI=1S/C25H21N3O4S2/c1-17-26-21-8-4-9-22(32-16-23(29)27-34(30,31)24-10-5-13-33-24)25(21)28(17)15-18-11-12-19-6-2-3-7-20(19)14-18/h2-14H,15-16H2,1H3,(H,27,29). The van der Waals surface area contributed by atoms with Crippen molar-refractivity contribution in [2.45, 2.75) is 17.7 Å². The van der Waals surface area contributed by atoms with Crippen molar-refractivity contribution in [2.24, 2.45) is 0 Å². The molecule has 1 amide bonds. The summed E-state index contributed by atoms with van der Waals surface area (Å²) in [6.07, 6.45) is 0. The molecule has 0 fully saturated rings. The van der Waals surface area contributed by atoms with Crippen molar-refractivity contribution in [3.8, 4) is 5.75 Å². The lowest BCUT2D eigenvalue weighted by atomic mass is 10.1. The first kappa shape index (κ1) is 22.1. The second-order valence-corrected chi connectivity index (χ2v) is 10.7. The van der Waals surface area contributed by atoms with E-state index in [9.17, 15) is 13.2 Å². The maximum Gasteiger partial charge on any atom is 0.273 e. The van der Waals surface area contributed by atoms with Gasteiger partial charge >= 0.3 is 0 Å². The van der Waals surface area contributed by atoms with Gasteiger partial charge in [-0.25, -0.2) is 18.1 Å². The number of amides is 1. The van der Waals surface area contributed by atoms with E-state index in [1.165, 1.54) is 11.5 Å². The van der Waals surface area contributed by atoms with Gasteiger partial charge in [0.15, 0.2) is 6.61 Å². The number of benzene rings is 3. The third kappa shape index (κ3) is 4.40. The van der Waals surface area contributed by atoms with Gasteiger partial charge in [0.05, 0.1) is 5.52 Å². The first-order valence-electron chi connectivity index (χ1n) is 10.6. The largest absolute Gasteiger partial charge is 0.481 e. The van der Waals surface area contributed by atoms with Crippen LogP contribution in [0.1, 0.15) is 11.4 Å². The van der Waals surface area contributed by atoms with Crippen LogP contribution >= 0.6 is 11.3 Å². The van der Waals surface area contributed by atoms with Gasteiger partial charge in [0.2, 0.25) is 0 Å². The minimum absolute atomic E-state index is 0.0760. The van der Waals surface area contributed by atoms with E-state index in [-0.39, 0.29) is 4.21 Å². The van der Waals surface area contributed by atoms with Crippen LogP contribution in [-0.4, -0.2) is 30.5 Å². The molecule has 5 aromatic rings. The zero-order valence-electron chi connectivity index (χ0n) is 18.3. The number of ether oxygens (including phenoxy) is 1. The summed E-state index contributed by atoms with van der Waals surface area (Å²) in [4.78, 5) is 17.0. The average Bonchev–Trinajstić information content (AvgIpc) is 3.47. The molecule has 3 aromatic carbocycles. The van der Waals surface area contributed by atoms with Crippen LogP contribution in [0.2, 0.25) is 0 Å². The summed E-state index contributed by atoms with van der Waals surface area (Å²) in [6, 6.07) is 23.0. The Morgan fingerprint density at radius 1 is 1.03 bits per heavy atom. The molecule has 0 aliphatic rings. The molecule has 0 radical (unpaired) electrons. The Kier molecular flexibility index (Phi) is 5.80. The Labute approximate surface area is 200 Å². The Hall–Kier alpha value is -3.69. The minimum atomic E-state index is -3.90. The Morgan fingerprint density at radius 3 is 2.65 bits per heavy atom. The quantitative estimate of drug-likeness (QED) is 0.362. The van der Waals surface area contributed by atoms with Gasteiger partial charge in [0.1, 0.15) is 21.3 Å². The summed E-state index contributed by atoms with van der Waals surface area (Å²) >= 11 is 1.04. The monoisotopic (exact) mass is 491 g/mol. The number of carbonyl (C=O) groups excluding carboxylic acids is 1. The molecule has 1 N–H and O–H groups in total. The number of rotatable bonds is 7. The molecule has 0 aliphatic carbocycles. The smallest absolute Gasteiger partial charge is 0.273 e. The number of imidazole rings is 1. The number of aryl methyl sites for hydroxylation is 1. The molecule has 9 heteroatoms. The summed E-state index contributed by atoms with van der Waals surface area (Å²) in [5.41, 5.74) is 2.60. The zero-order chi connectivity index (χ0) is 23.7. The number of sulfonamides is 1. The molecule has 0 saturated heterocycles. The topological polar surface area (TPSA) is 90.3 Å². The van der Waals surface area contributed by atoms with E-state index in [2.05, 4.69) is 35.3 Å². The first-order chi connectivity index (χ1) is 16.4. The number of hydrogen-bond acceptors (Lipinski definition) is 6. The molecule has 0 spiro atoms. The van der Waals surface area contributed by atoms with Crippen molar-refractivity contribution in [1.82, 2.24) is 14.3 Å². The fourth-order valence-corrected chi connectivity index (χ4v) is 5.85. The van der Waals surface area contributed by atoms with Crippen molar-refractivity contribution in [2.75, 3.05) is 6.61 Å². The Balaban J connectivity index is 1.39. The van der Waals surface area contributed by atoms with Crippen molar-refractivity contribution < 1.29 is 17.9 Å². The molecular formula is C25H21N3O4S2. The average molecular weight is 492 g/mol. The summed E-state index contributed by atoms with van der Waals surface area (Å²) in [5.74, 6) is 0.522. The summed E-state index contributed by atoms with van der Waals surface area (Å²) in [6.45, 7) is 2.06. The Bertz CT molecular complexity index is 1610. The predicted molar refractivity (Wildman–Crippen MR) is 133 cm³/mol. The molecule has 0 unspecified atom stereocenters. The predicted octanol–water partition coefficient (Wildman–Crippen LogP) is 4.49. The fraction of sp³-hybridized carbons (Fsp3) is 0.120. The first-order valence-corrected chi connectivity index (χ1v) is 12.9. The van der Waals surface area contributed by atoms with Crippen molar-refractivity contribution in [3.63, 3.8) is 0 Å². The van der Waals surface area contributed by atoms with Crippen LogP contribution in [-0.2, 0) is 21.4 Å². The maximum absolute atomic E-state index is 12.3. The van der Waals surface area contributed by atoms with Gasteiger partial charge in [-0.15, -0.1) is 11.3 Å². The molecule has 2 aromatic heterocycles. The SMILES string of the molecule is Cc1nc2cccc(OCC(=O)NS(=O)(=O)c3cccs3)c2n1Cc1ccc2ccccc2c1. The van der Waals surface area contributed by atoms with Gasteiger partial charge in [0, 0.05) is 6.54 Å². The number of aromatic nitrogens is 2. The van der Waals surface area contributed by atoms with E-state index in [0.29, 0.717) is 12.3 Å². The van der Waals surface area contributed by atoms with Crippen LogP contribution in [0.5, 0.6) is 5.75 Å². The second kappa shape index (κ2) is 8.92. The van der Waals surface area contributed by atoms with Gasteiger partial charge in [-0.05, 0) is 52.9 Å². The van der Waals surface area contributed by atoms with Crippen LogP contribution in [0, 0.1) is 6.92 Å². The highest BCUT2D eigenvalue weighted by molar-refractivity contribution is 7.92. The van der Waals surface area contributed by atoms with Crippen molar-refractivity contribution in [3.05, 3.63) is 89.6 Å². The maximum atomic E-state index is 12.3. The number of fused-ring (bicyclic) bond motifs is 2. The van der Waals surface area contributed by atoms with Gasteiger partial charge < -0.3 is 9.30 Å². The number of nitrogens with one attached hydrogen (secondary N) is 1. The number of para-hydroxylation sites is 1. The normalized spacial score (nSPS) is 11.7. The van der Waals surface area contributed by atoms with E-state index >= 15 is 0 Å². The third-order valence-corrected chi connectivity index (χ3v) is 8.21. The molecular weight excluding hydrogens is 470 g/mol. The summed E-state index contributed by atoms with van der Waals surface area (Å²) < 4.78 is 34.5. The van der Waals surface area contributed by atoms with Crippen molar-refractivity contribution >= 4 is 49.1 Å². The fourth-order valence-electron chi connectivity index (χ4n) is 3.89. The van der Waals surface area contributed by atoms with E-state index in [1.54, 1.807) is 23.6 Å². The molecule has 172 valence electrons. The lowest BCUT2D eigenvalue weighted by Crippen LogP contribution is -2.34. The van der Waals surface area contributed by atoms with Gasteiger partial charge in [-0.2, -0.15) is 0 Å². The molecule has 5 rings (SSSR count). The Morgan fingerprint density at radius 2 is 1.85 bits per heavy atom. The van der Waals surface area contributed by atoms with Crippen LogP contribution in [0.4, 0.5) is 0 Å². The van der Waals surface area contributed by atoms with E-state index in [0.717, 1.165) is 39.1 Å². The molecule has 7 nitrogen and oxygen atoms in total. The number of nitrogens with zero attached hydrogens (tertiary/aromatic N) is 2. The molecule has 0 saturated carbocycles. The minimum Gasteiger partial charge on any atom is -0.481 e.